The summed E-state index contributed by atoms with van der Waals surface area (Å²) < 4.78 is 10.8. The van der Waals surface area contributed by atoms with Gasteiger partial charge in [-0.15, -0.1) is 0 Å². The van der Waals surface area contributed by atoms with Crippen molar-refractivity contribution in [3.05, 3.63) is 59.8 Å². The van der Waals surface area contributed by atoms with Gasteiger partial charge in [0.25, 0.3) is 0 Å². The van der Waals surface area contributed by atoms with Crippen molar-refractivity contribution < 1.29 is 14.3 Å². The van der Waals surface area contributed by atoms with Gasteiger partial charge in [0, 0.05) is 5.56 Å². The normalized spacial score (nSPS) is 10.6. The smallest absolute Gasteiger partial charge is 0.213 e. The Balaban J connectivity index is 2.22. The number of benzene rings is 2. The molecule has 1 N–H and O–H groups in total. The van der Waals surface area contributed by atoms with Crippen LogP contribution in [-0.2, 0) is 0 Å². The van der Waals surface area contributed by atoms with E-state index < -0.39 is 0 Å². The number of rotatable bonds is 4. The third-order valence-corrected chi connectivity index (χ3v) is 3.43. The molecule has 0 amide bonds. The van der Waals surface area contributed by atoms with Gasteiger partial charge in [-0.2, -0.15) is 0 Å². The first-order valence-corrected chi connectivity index (χ1v) is 6.58. The SMILES string of the molecule is COc1cccc2[nH]c(C(=O)c3ccccc3)c(OC)c12. The fourth-order valence-electron chi connectivity index (χ4n) is 2.45. The van der Waals surface area contributed by atoms with E-state index in [1.807, 2.05) is 36.4 Å². The van der Waals surface area contributed by atoms with E-state index in [9.17, 15) is 4.79 Å². The van der Waals surface area contributed by atoms with Gasteiger partial charge in [0.2, 0.25) is 5.78 Å². The van der Waals surface area contributed by atoms with Gasteiger partial charge in [-0.25, -0.2) is 0 Å². The van der Waals surface area contributed by atoms with Crippen molar-refractivity contribution in [2.45, 2.75) is 0 Å². The summed E-state index contributed by atoms with van der Waals surface area (Å²) in [4.78, 5) is 15.8. The highest BCUT2D eigenvalue weighted by molar-refractivity contribution is 6.14. The summed E-state index contributed by atoms with van der Waals surface area (Å²) in [6.45, 7) is 0. The number of hydrogen-bond donors (Lipinski definition) is 1. The summed E-state index contributed by atoms with van der Waals surface area (Å²) in [5.41, 5.74) is 1.86. The number of hydrogen-bond acceptors (Lipinski definition) is 3. The Bertz CT molecular complexity index is 790. The molecular formula is C17H15NO3. The zero-order valence-corrected chi connectivity index (χ0v) is 11.8. The Labute approximate surface area is 122 Å². The summed E-state index contributed by atoms with van der Waals surface area (Å²) in [5, 5.41) is 0.779. The fourth-order valence-corrected chi connectivity index (χ4v) is 2.45. The molecule has 0 saturated carbocycles. The van der Waals surface area contributed by atoms with E-state index in [-0.39, 0.29) is 5.78 Å². The van der Waals surface area contributed by atoms with Gasteiger partial charge in [0.05, 0.1) is 25.1 Å². The second kappa shape index (κ2) is 5.32. The minimum Gasteiger partial charge on any atom is -0.496 e. The lowest BCUT2D eigenvalue weighted by Gasteiger charge is -2.05. The second-order valence-electron chi connectivity index (χ2n) is 4.61. The van der Waals surface area contributed by atoms with Crippen LogP contribution < -0.4 is 9.47 Å². The van der Waals surface area contributed by atoms with Crippen molar-refractivity contribution >= 4 is 16.7 Å². The van der Waals surface area contributed by atoms with Crippen molar-refractivity contribution in [2.75, 3.05) is 14.2 Å². The predicted molar refractivity (Wildman–Crippen MR) is 81.3 cm³/mol. The standard InChI is InChI=1S/C17H15NO3/c1-20-13-10-6-9-12-14(13)17(21-2)15(18-12)16(19)11-7-4-3-5-8-11/h3-10,18H,1-2H3. The molecule has 21 heavy (non-hydrogen) atoms. The minimum absolute atomic E-state index is 0.106. The van der Waals surface area contributed by atoms with Crippen LogP contribution in [-0.4, -0.2) is 25.0 Å². The third-order valence-electron chi connectivity index (χ3n) is 3.43. The van der Waals surface area contributed by atoms with Crippen LogP contribution in [0.3, 0.4) is 0 Å². The Hall–Kier alpha value is -2.75. The van der Waals surface area contributed by atoms with Crippen LogP contribution in [0.5, 0.6) is 11.5 Å². The maximum atomic E-state index is 12.6. The van der Waals surface area contributed by atoms with Gasteiger partial charge < -0.3 is 14.5 Å². The number of aromatic amines is 1. The molecule has 4 heteroatoms. The van der Waals surface area contributed by atoms with Gasteiger partial charge in [-0.3, -0.25) is 4.79 Å². The first-order valence-electron chi connectivity index (χ1n) is 6.58. The van der Waals surface area contributed by atoms with Crippen LogP contribution >= 0.6 is 0 Å². The topological polar surface area (TPSA) is 51.3 Å². The number of ketones is 1. The van der Waals surface area contributed by atoms with Crippen molar-refractivity contribution in [2.24, 2.45) is 0 Å². The van der Waals surface area contributed by atoms with Gasteiger partial charge >= 0.3 is 0 Å². The first-order chi connectivity index (χ1) is 10.3. The van der Waals surface area contributed by atoms with Crippen molar-refractivity contribution in [1.82, 2.24) is 4.98 Å². The number of H-pyrrole nitrogens is 1. The molecule has 0 atom stereocenters. The lowest BCUT2D eigenvalue weighted by atomic mass is 10.1. The van der Waals surface area contributed by atoms with Crippen LogP contribution in [0, 0.1) is 0 Å². The number of methoxy groups -OCH3 is 2. The maximum absolute atomic E-state index is 12.6. The number of nitrogens with one attached hydrogen (secondary N) is 1. The van der Waals surface area contributed by atoms with Crippen LogP contribution in [0.15, 0.2) is 48.5 Å². The quantitative estimate of drug-likeness (QED) is 0.745. The molecule has 0 fully saturated rings. The van der Waals surface area contributed by atoms with Gasteiger partial charge in [-0.1, -0.05) is 36.4 Å². The molecule has 2 aromatic carbocycles. The van der Waals surface area contributed by atoms with E-state index in [1.165, 1.54) is 0 Å². The summed E-state index contributed by atoms with van der Waals surface area (Å²) in [7, 11) is 3.15. The molecule has 0 spiro atoms. The molecule has 1 aromatic heterocycles. The fraction of sp³-hybridized carbons (Fsp3) is 0.118. The number of carbonyl (C=O) groups is 1. The van der Waals surface area contributed by atoms with Crippen LogP contribution in [0.2, 0.25) is 0 Å². The zero-order valence-electron chi connectivity index (χ0n) is 11.8. The minimum atomic E-state index is -0.106. The molecule has 0 aliphatic heterocycles. The maximum Gasteiger partial charge on any atom is 0.213 e. The third kappa shape index (κ3) is 2.14. The van der Waals surface area contributed by atoms with E-state index in [0.717, 1.165) is 10.9 Å². The van der Waals surface area contributed by atoms with E-state index in [0.29, 0.717) is 22.8 Å². The Morgan fingerprint density at radius 2 is 1.71 bits per heavy atom. The monoisotopic (exact) mass is 281 g/mol. The average Bonchev–Trinajstić information content (AvgIpc) is 2.93. The average molecular weight is 281 g/mol. The molecule has 0 saturated heterocycles. The van der Waals surface area contributed by atoms with Crippen LogP contribution in [0.4, 0.5) is 0 Å². The largest absolute Gasteiger partial charge is 0.496 e. The first kappa shape index (κ1) is 13.2. The molecule has 3 rings (SSSR count). The second-order valence-corrected chi connectivity index (χ2v) is 4.61. The molecule has 4 nitrogen and oxygen atoms in total. The highest BCUT2D eigenvalue weighted by Gasteiger charge is 2.22. The molecule has 0 bridgehead atoms. The highest BCUT2D eigenvalue weighted by atomic mass is 16.5. The summed E-state index contributed by atoms with van der Waals surface area (Å²) in [6, 6.07) is 14.7. The molecule has 0 radical (unpaired) electrons. The number of fused-ring (bicyclic) bond motifs is 1. The lowest BCUT2D eigenvalue weighted by Crippen LogP contribution is -2.03. The molecule has 106 valence electrons. The predicted octanol–water partition coefficient (Wildman–Crippen LogP) is 3.42. The molecular weight excluding hydrogens is 266 g/mol. The Kier molecular flexibility index (Phi) is 3.36. The highest BCUT2D eigenvalue weighted by Crippen LogP contribution is 2.37. The molecule has 0 aliphatic rings. The van der Waals surface area contributed by atoms with Crippen LogP contribution in [0.1, 0.15) is 16.1 Å². The van der Waals surface area contributed by atoms with Gasteiger partial charge in [-0.05, 0) is 12.1 Å². The van der Waals surface area contributed by atoms with Crippen molar-refractivity contribution in [3.63, 3.8) is 0 Å². The molecule has 0 unspecified atom stereocenters. The van der Waals surface area contributed by atoms with E-state index >= 15 is 0 Å². The van der Waals surface area contributed by atoms with Gasteiger partial charge in [0.15, 0.2) is 5.75 Å². The molecule has 3 aromatic rings. The van der Waals surface area contributed by atoms with E-state index in [2.05, 4.69) is 4.98 Å². The van der Waals surface area contributed by atoms with Crippen LogP contribution in [0.25, 0.3) is 10.9 Å². The summed E-state index contributed by atoms with van der Waals surface area (Å²) in [5.74, 6) is 1.08. The summed E-state index contributed by atoms with van der Waals surface area (Å²) >= 11 is 0. The number of carbonyl (C=O) groups excluding carboxylic acids is 1. The molecule has 0 aliphatic carbocycles. The van der Waals surface area contributed by atoms with Gasteiger partial charge in [0.1, 0.15) is 11.4 Å². The Morgan fingerprint density at radius 3 is 2.38 bits per heavy atom. The lowest BCUT2D eigenvalue weighted by molar-refractivity contribution is 0.103. The van der Waals surface area contributed by atoms with Crippen molar-refractivity contribution in [1.29, 1.82) is 0 Å². The number of ether oxygens (including phenoxy) is 2. The molecule has 1 heterocycles. The zero-order chi connectivity index (χ0) is 14.8. The number of aromatic nitrogens is 1. The summed E-state index contributed by atoms with van der Waals surface area (Å²) in [6.07, 6.45) is 0. The Morgan fingerprint density at radius 1 is 0.952 bits per heavy atom. The van der Waals surface area contributed by atoms with Crippen molar-refractivity contribution in [3.8, 4) is 11.5 Å². The van der Waals surface area contributed by atoms with E-state index in [4.69, 9.17) is 9.47 Å². The van der Waals surface area contributed by atoms with E-state index in [1.54, 1.807) is 26.4 Å².